The van der Waals surface area contributed by atoms with Gasteiger partial charge in [0.05, 0.1) is 32.5 Å². The molecule has 20 nitrogen and oxygen atoms in total. The number of unbranched alkanes of at least 4 members (excludes halogenated alkanes) is 5. The molecule has 288 valence electrons. The third-order valence-electron chi connectivity index (χ3n) is 8.60. The van der Waals surface area contributed by atoms with Crippen LogP contribution in [0.25, 0.3) is 0 Å². The molecule has 0 aromatic heterocycles. The molecule has 0 bridgehead atoms. The molecule has 0 spiro atoms. The number of methoxy groups -OCH3 is 1. The van der Waals surface area contributed by atoms with Gasteiger partial charge in [-0.15, -0.1) is 0 Å². The Kier molecular flexibility index (Phi) is 19.9. The third-order valence-corrected chi connectivity index (χ3v) is 9.06. The van der Waals surface area contributed by atoms with Gasteiger partial charge < -0.3 is 79.2 Å². The summed E-state index contributed by atoms with van der Waals surface area (Å²) in [5.74, 6) is -0.260. The summed E-state index contributed by atoms with van der Waals surface area (Å²) >= 11 is 0. The Labute approximate surface area is 312 Å². The molecule has 0 aromatic carbocycles. The number of hydrogen-bond acceptors (Lipinski definition) is 20. The monoisotopic (exact) mass is 759 g/mol. The van der Waals surface area contributed by atoms with Crippen LogP contribution in [0, 0.1) is 0 Å². The molecule has 3 heterocycles. The second-order valence-electron chi connectivity index (χ2n) is 12.2. The summed E-state index contributed by atoms with van der Waals surface area (Å²) in [7, 11) is -4.14. The van der Waals surface area contributed by atoms with E-state index < -0.39 is 116 Å². The SMILES string of the molecule is COC(=O)CCCCCCCCO[C@@H]1O[C@H](CO)[C@@H](O[C@@H]2O[C@H](CO)[C@H](O)[C@H](OS(=O)(=O)[O-])[C@H]2O)[C@H](O[C@@H]2O[C@@H](C)[C@@H](O)[C@@H](O)[C@@H]2O)[C@H]1N.[Na+]. The van der Waals surface area contributed by atoms with Crippen molar-refractivity contribution in [2.45, 2.75) is 144 Å². The summed E-state index contributed by atoms with van der Waals surface area (Å²) in [6.07, 6.45) is -18.1. The molecular formula is C28H50NNaO19S. The van der Waals surface area contributed by atoms with Crippen LogP contribution in [0.15, 0.2) is 0 Å². The molecule has 22 heteroatoms. The fourth-order valence-electron chi connectivity index (χ4n) is 5.79. The van der Waals surface area contributed by atoms with Crippen LogP contribution in [-0.4, -0.2) is 174 Å². The van der Waals surface area contributed by atoms with E-state index in [-0.39, 0.29) is 42.1 Å². The van der Waals surface area contributed by atoms with E-state index >= 15 is 0 Å². The van der Waals surface area contributed by atoms with E-state index in [9.17, 15) is 53.5 Å². The topological polar surface area (TPSA) is 316 Å². The molecule has 3 fully saturated rings. The van der Waals surface area contributed by atoms with E-state index in [1.54, 1.807) is 0 Å². The van der Waals surface area contributed by atoms with Gasteiger partial charge in [0.1, 0.15) is 61.0 Å². The Morgan fingerprint density at radius 3 is 1.90 bits per heavy atom. The maximum atomic E-state index is 11.3. The number of nitrogens with two attached hydrogens (primary N) is 1. The molecule has 0 radical (unpaired) electrons. The van der Waals surface area contributed by atoms with Crippen molar-refractivity contribution < 1.29 is 120 Å². The first-order valence-corrected chi connectivity index (χ1v) is 17.4. The Bertz CT molecular complexity index is 1110. The summed E-state index contributed by atoms with van der Waals surface area (Å²) in [6, 6.07) is -1.28. The van der Waals surface area contributed by atoms with Gasteiger partial charge >= 0.3 is 35.5 Å². The molecular weight excluding hydrogens is 709 g/mol. The first kappa shape index (κ1) is 45.9. The zero-order valence-electron chi connectivity index (χ0n) is 28.2. The molecule has 50 heavy (non-hydrogen) atoms. The molecule has 3 aliphatic heterocycles. The molecule has 0 aliphatic carbocycles. The zero-order chi connectivity index (χ0) is 36.5. The van der Waals surface area contributed by atoms with E-state index in [2.05, 4.69) is 8.92 Å². The van der Waals surface area contributed by atoms with E-state index in [1.807, 2.05) is 0 Å². The van der Waals surface area contributed by atoms with Crippen molar-refractivity contribution in [3.05, 3.63) is 0 Å². The summed E-state index contributed by atoms with van der Waals surface area (Å²) < 4.78 is 77.5. The molecule has 3 rings (SSSR count). The predicted molar refractivity (Wildman–Crippen MR) is 158 cm³/mol. The summed E-state index contributed by atoms with van der Waals surface area (Å²) in [5, 5.41) is 72.3. The van der Waals surface area contributed by atoms with E-state index in [0.29, 0.717) is 19.3 Å². The van der Waals surface area contributed by atoms with Gasteiger partial charge in [0.2, 0.25) is 10.4 Å². The van der Waals surface area contributed by atoms with E-state index in [0.717, 1.165) is 25.7 Å². The maximum Gasteiger partial charge on any atom is 1.00 e. The van der Waals surface area contributed by atoms with Crippen molar-refractivity contribution in [1.29, 1.82) is 0 Å². The van der Waals surface area contributed by atoms with E-state index in [4.69, 9.17) is 34.2 Å². The van der Waals surface area contributed by atoms with Crippen molar-refractivity contribution in [2.24, 2.45) is 5.73 Å². The number of ether oxygens (including phenoxy) is 7. The van der Waals surface area contributed by atoms with Gasteiger partial charge in [-0.25, -0.2) is 8.42 Å². The average Bonchev–Trinajstić information content (AvgIpc) is 3.06. The average molecular weight is 760 g/mol. The Morgan fingerprint density at radius 1 is 0.740 bits per heavy atom. The summed E-state index contributed by atoms with van der Waals surface area (Å²) in [4.78, 5) is 11.2. The van der Waals surface area contributed by atoms with Crippen molar-refractivity contribution in [3.63, 3.8) is 0 Å². The van der Waals surface area contributed by atoms with Crippen LogP contribution in [0.4, 0.5) is 0 Å². The van der Waals surface area contributed by atoms with Crippen molar-refractivity contribution in [2.75, 3.05) is 26.9 Å². The van der Waals surface area contributed by atoms with Crippen LogP contribution < -0.4 is 35.3 Å². The second kappa shape index (κ2) is 21.6. The Balaban J connectivity index is 0.00000867. The van der Waals surface area contributed by atoms with Crippen LogP contribution in [0.1, 0.15) is 51.9 Å². The number of esters is 1. The largest absolute Gasteiger partial charge is 1.00 e. The van der Waals surface area contributed by atoms with Gasteiger partial charge in [0.25, 0.3) is 0 Å². The van der Waals surface area contributed by atoms with Crippen molar-refractivity contribution in [1.82, 2.24) is 0 Å². The smallest absolute Gasteiger partial charge is 0.726 e. The standard InChI is InChI=1S/C28H51NO19S.Na/c1-13-18(33)20(35)21(36)27(43-13)47-24-17(29)26(42-10-8-6-4-3-5-7-9-16(32)41-2)45-15(12-31)23(24)46-28-22(37)25(48-49(38,39)40)19(34)14(11-30)44-28;/h13-15,17-28,30-31,33-37H,3-12,29H2,1-2H3,(H,38,39,40);/q;+1/p-1/t13-,14+,15+,17+,18+,19-,20+,21-,22+,23+,24+,25-,26+,27-,28-;/m0./s1. The number of aliphatic hydroxyl groups excluding tert-OH is 7. The summed E-state index contributed by atoms with van der Waals surface area (Å²) in [5.41, 5.74) is 6.50. The van der Waals surface area contributed by atoms with Gasteiger partial charge in [-0.05, 0) is 19.8 Å². The minimum Gasteiger partial charge on any atom is -0.726 e. The number of aliphatic hydroxyl groups is 7. The number of rotatable bonds is 18. The zero-order valence-corrected chi connectivity index (χ0v) is 31.1. The maximum absolute atomic E-state index is 11.3. The minimum absolute atomic E-state index is 0. The number of hydrogen-bond donors (Lipinski definition) is 8. The van der Waals surface area contributed by atoms with Gasteiger partial charge in [-0.1, -0.05) is 25.7 Å². The minimum atomic E-state index is -5.48. The van der Waals surface area contributed by atoms with Crippen molar-refractivity contribution >= 4 is 16.4 Å². The van der Waals surface area contributed by atoms with Crippen LogP contribution in [0.2, 0.25) is 0 Å². The van der Waals surface area contributed by atoms with Crippen LogP contribution in [0.5, 0.6) is 0 Å². The quantitative estimate of drug-likeness (QED) is 0.0212. The second-order valence-corrected chi connectivity index (χ2v) is 13.2. The van der Waals surface area contributed by atoms with Gasteiger partial charge in [-0.2, -0.15) is 0 Å². The van der Waals surface area contributed by atoms with Gasteiger partial charge in [0, 0.05) is 13.0 Å². The molecule has 0 saturated carbocycles. The molecule has 9 N–H and O–H groups in total. The van der Waals surface area contributed by atoms with Gasteiger partial charge in [0.15, 0.2) is 18.9 Å². The van der Waals surface area contributed by atoms with Crippen LogP contribution >= 0.6 is 0 Å². The molecule has 0 aromatic rings. The third kappa shape index (κ3) is 12.7. The van der Waals surface area contributed by atoms with Crippen molar-refractivity contribution in [3.8, 4) is 0 Å². The summed E-state index contributed by atoms with van der Waals surface area (Å²) in [6.45, 7) is -0.143. The first-order valence-electron chi connectivity index (χ1n) is 16.1. The first-order chi connectivity index (χ1) is 23.1. The molecule has 3 aliphatic rings. The predicted octanol–water partition coefficient (Wildman–Crippen LogP) is -7.16. The fraction of sp³-hybridized carbons (Fsp3) is 0.964. The molecule has 0 unspecified atom stereocenters. The Hall–Kier alpha value is -0.220. The number of carbonyl (C=O) groups is 1. The molecule has 0 amide bonds. The van der Waals surface area contributed by atoms with Gasteiger partial charge in [-0.3, -0.25) is 8.98 Å². The van der Waals surface area contributed by atoms with Crippen LogP contribution in [-0.2, 0) is 52.5 Å². The fourth-order valence-corrected chi connectivity index (χ4v) is 6.29. The van der Waals surface area contributed by atoms with E-state index in [1.165, 1.54) is 14.0 Å². The van der Waals surface area contributed by atoms with Crippen LogP contribution in [0.3, 0.4) is 0 Å². The Morgan fingerprint density at radius 2 is 1.30 bits per heavy atom. The molecule has 15 atom stereocenters. The number of carbonyl (C=O) groups excluding carboxylic acids is 1. The molecule has 3 saturated heterocycles. The normalized spacial score (nSPS) is 39.5.